The minimum Gasteiger partial charge on any atom is -0.352 e. The summed E-state index contributed by atoms with van der Waals surface area (Å²) < 4.78 is 26.4. The second kappa shape index (κ2) is 8.01. The third-order valence-corrected chi connectivity index (χ3v) is 4.26. The van der Waals surface area contributed by atoms with Crippen LogP contribution in [0.25, 0.3) is 0 Å². The molecule has 0 atom stereocenters. The Morgan fingerprint density at radius 2 is 1.70 bits per heavy atom. The van der Waals surface area contributed by atoms with Crippen molar-refractivity contribution in [1.29, 1.82) is 0 Å². The first-order chi connectivity index (χ1) is 9.51. The summed E-state index contributed by atoms with van der Waals surface area (Å²) in [5.41, 5.74) is 0.464. The average molecular weight is 298 g/mol. The van der Waals surface area contributed by atoms with E-state index in [0.717, 1.165) is 19.3 Å². The van der Waals surface area contributed by atoms with Gasteiger partial charge in [-0.3, -0.25) is 4.79 Å². The number of rotatable bonds is 8. The number of amides is 1. The Kier molecular flexibility index (Phi) is 6.67. The molecular weight excluding hydrogens is 276 g/mol. The van der Waals surface area contributed by atoms with Crippen LogP contribution in [0.3, 0.4) is 0 Å². The van der Waals surface area contributed by atoms with Crippen molar-refractivity contribution in [2.45, 2.75) is 38.0 Å². The lowest BCUT2D eigenvalue weighted by molar-refractivity contribution is 0.0953. The van der Waals surface area contributed by atoms with Gasteiger partial charge >= 0.3 is 0 Å². The Balaban J connectivity index is 2.72. The monoisotopic (exact) mass is 298 g/mol. The molecule has 5 nitrogen and oxygen atoms in total. The normalized spacial score (nSPS) is 11.3. The number of carbonyl (C=O) groups is 1. The Bertz CT molecular complexity index is 524. The third-order valence-electron chi connectivity index (χ3n) is 2.78. The van der Waals surface area contributed by atoms with Gasteiger partial charge in [0, 0.05) is 18.7 Å². The first-order valence-electron chi connectivity index (χ1n) is 6.89. The molecule has 0 radical (unpaired) electrons. The van der Waals surface area contributed by atoms with E-state index < -0.39 is 10.0 Å². The molecule has 0 saturated heterocycles. The lowest BCUT2D eigenvalue weighted by Gasteiger charge is -2.07. The molecule has 1 aromatic carbocycles. The summed E-state index contributed by atoms with van der Waals surface area (Å²) in [6.07, 6.45) is 2.59. The number of sulfonamides is 1. The number of carbonyl (C=O) groups excluding carboxylic acids is 1. The van der Waals surface area contributed by atoms with Crippen LogP contribution in [0.15, 0.2) is 29.2 Å². The number of benzene rings is 1. The van der Waals surface area contributed by atoms with Gasteiger partial charge in [0.1, 0.15) is 0 Å². The minimum atomic E-state index is -3.47. The first-order valence-corrected chi connectivity index (χ1v) is 8.37. The van der Waals surface area contributed by atoms with Gasteiger partial charge in [-0.1, -0.05) is 20.3 Å². The van der Waals surface area contributed by atoms with Crippen molar-refractivity contribution in [2.24, 2.45) is 0 Å². The van der Waals surface area contributed by atoms with E-state index in [-0.39, 0.29) is 10.8 Å². The molecule has 0 bridgehead atoms. The van der Waals surface area contributed by atoms with E-state index >= 15 is 0 Å². The van der Waals surface area contributed by atoms with Crippen molar-refractivity contribution >= 4 is 15.9 Å². The summed E-state index contributed by atoms with van der Waals surface area (Å²) in [5, 5.41) is 2.74. The fraction of sp³-hybridized carbons (Fsp3) is 0.500. The van der Waals surface area contributed by atoms with Crippen molar-refractivity contribution in [1.82, 2.24) is 10.0 Å². The zero-order valence-corrected chi connectivity index (χ0v) is 12.8. The second-order valence-electron chi connectivity index (χ2n) is 4.53. The zero-order valence-electron chi connectivity index (χ0n) is 12.0. The molecule has 6 heteroatoms. The van der Waals surface area contributed by atoms with E-state index in [1.165, 1.54) is 24.3 Å². The number of hydrogen-bond acceptors (Lipinski definition) is 3. The third kappa shape index (κ3) is 4.94. The van der Waals surface area contributed by atoms with Gasteiger partial charge in [0.25, 0.3) is 5.91 Å². The molecule has 20 heavy (non-hydrogen) atoms. The molecule has 1 amide bonds. The van der Waals surface area contributed by atoms with E-state index in [2.05, 4.69) is 10.0 Å². The molecule has 0 fully saturated rings. The van der Waals surface area contributed by atoms with E-state index in [1.54, 1.807) is 0 Å². The topological polar surface area (TPSA) is 75.3 Å². The predicted molar refractivity (Wildman–Crippen MR) is 79.2 cm³/mol. The van der Waals surface area contributed by atoms with Gasteiger partial charge in [-0.2, -0.15) is 0 Å². The van der Waals surface area contributed by atoms with Crippen LogP contribution in [0, 0.1) is 0 Å². The highest BCUT2D eigenvalue weighted by molar-refractivity contribution is 7.89. The predicted octanol–water partition coefficient (Wildman–Crippen LogP) is 1.90. The van der Waals surface area contributed by atoms with Gasteiger partial charge in [0.05, 0.1) is 4.90 Å². The summed E-state index contributed by atoms with van der Waals surface area (Å²) in [5.74, 6) is -0.185. The maximum Gasteiger partial charge on any atom is 0.251 e. The minimum absolute atomic E-state index is 0.181. The largest absolute Gasteiger partial charge is 0.352 e. The molecule has 112 valence electrons. The molecule has 0 spiro atoms. The van der Waals surface area contributed by atoms with Crippen LogP contribution < -0.4 is 10.0 Å². The highest BCUT2D eigenvalue weighted by Gasteiger charge is 2.13. The van der Waals surface area contributed by atoms with Gasteiger partial charge in [-0.15, -0.1) is 0 Å². The molecule has 0 aliphatic carbocycles. The molecule has 0 heterocycles. The van der Waals surface area contributed by atoms with Crippen LogP contribution in [-0.2, 0) is 10.0 Å². The van der Waals surface area contributed by atoms with Crippen LogP contribution in [0.2, 0.25) is 0 Å². The SMILES string of the molecule is CCCCNS(=O)(=O)c1ccc(C(=O)NCCC)cc1. The molecule has 0 aliphatic rings. The van der Waals surface area contributed by atoms with Crippen LogP contribution in [0.5, 0.6) is 0 Å². The Labute approximate surface area is 120 Å². The van der Waals surface area contributed by atoms with Gasteiger partial charge in [0.15, 0.2) is 0 Å². The zero-order chi connectivity index (χ0) is 15.0. The van der Waals surface area contributed by atoms with E-state index in [4.69, 9.17) is 0 Å². The summed E-state index contributed by atoms with van der Waals surface area (Å²) in [6.45, 7) is 5.00. The molecule has 0 aromatic heterocycles. The van der Waals surface area contributed by atoms with Gasteiger partial charge in [-0.05, 0) is 37.1 Å². The van der Waals surface area contributed by atoms with Crippen molar-refractivity contribution in [3.05, 3.63) is 29.8 Å². The van der Waals surface area contributed by atoms with E-state index in [9.17, 15) is 13.2 Å². The van der Waals surface area contributed by atoms with E-state index in [0.29, 0.717) is 18.7 Å². The summed E-state index contributed by atoms with van der Waals surface area (Å²) >= 11 is 0. The summed E-state index contributed by atoms with van der Waals surface area (Å²) in [6, 6.07) is 5.96. The Hall–Kier alpha value is -1.40. The quantitative estimate of drug-likeness (QED) is 0.720. The van der Waals surface area contributed by atoms with Crippen molar-refractivity contribution < 1.29 is 13.2 Å². The number of hydrogen-bond donors (Lipinski definition) is 2. The lowest BCUT2D eigenvalue weighted by Crippen LogP contribution is -2.25. The highest BCUT2D eigenvalue weighted by Crippen LogP contribution is 2.10. The van der Waals surface area contributed by atoms with Crippen LogP contribution in [-0.4, -0.2) is 27.4 Å². The van der Waals surface area contributed by atoms with Crippen molar-refractivity contribution in [3.63, 3.8) is 0 Å². The Morgan fingerprint density at radius 1 is 1.05 bits per heavy atom. The standard InChI is InChI=1S/C14H22N2O3S/c1-3-5-11-16-20(18,19)13-8-6-12(7-9-13)14(17)15-10-4-2/h6-9,16H,3-5,10-11H2,1-2H3,(H,15,17). The fourth-order valence-electron chi connectivity index (χ4n) is 1.59. The van der Waals surface area contributed by atoms with Gasteiger partial charge in [-0.25, -0.2) is 13.1 Å². The molecular formula is C14H22N2O3S. The smallest absolute Gasteiger partial charge is 0.251 e. The van der Waals surface area contributed by atoms with Crippen LogP contribution in [0.4, 0.5) is 0 Å². The van der Waals surface area contributed by atoms with E-state index in [1.807, 2.05) is 13.8 Å². The second-order valence-corrected chi connectivity index (χ2v) is 6.30. The van der Waals surface area contributed by atoms with Crippen LogP contribution in [0.1, 0.15) is 43.5 Å². The molecule has 0 aliphatic heterocycles. The summed E-state index contributed by atoms with van der Waals surface area (Å²) in [4.78, 5) is 11.9. The molecule has 2 N–H and O–H groups in total. The Morgan fingerprint density at radius 3 is 2.25 bits per heavy atom. The van der Waals surface area contributed by atoms with Crippen LogP contribution >= 0.6 is 0 Å². The molecule has 1 rings (SSSR count). The first kappa shape index (κ1) is 16.7. The maximum absolute atomic E-state index is 11.9. The lowest BCUT2D eigenvalue weighted by atomic mass is 10.2. The molecule has 0 unspecified atom stereocenters. The van der Waals surface area contributed by atoms with Crippen molar-refractivity contribution in [3.8, 4) is 0 Å². The molecule has 0 saturated carbocycles. The van der Waals surface area contributed by atoms with Crippen molar-refractivity contribution in [2.75, 3.05) is 13.1 Å². The molecule has 1 aromatic rings. The van der Waals surface area contributed by atoms with Gasteiger partial charge in [0.2, 0.25) is 10.0 Å². The highest BCUT2D eigenvalue weighted by atomic mass is 32.2. The number of nitrogens with one attached hydrogen (secondary N) is 2. The summed E-state index contributed by atoms with van der Waals surface area (Å²) in [7, 11) is -3.47. The maximum atomic E-state index is 11.9. The van der Waals surface area contributed by atoms with Gasteiger partial charge < -0.3 is 5.32 Å². The number of unbranched alkanes of at least 4 members (excludes halogenated alkanes) is 1. The average Bonchev–Trinajstić information content (AvgIpc) is 2.45. The fourth-order valence-corrected chi connectivity index (χ4v) is 2.67.